The van der Waals surface area contributed by atoms with Crippen molar-refractivity contribution in [1.29, 1.82) is 0 Å². The van der Waals surface area contributed by atoms with Crippen molar-refractivity contribution in [1.82, 2.24) is 25.3 Å². The van der Waals surface area contributed by atoms with Gasteiger partial charge in [-0.1, -0.05) is 6.08 Å². The number of carboxylic acid groups (broad SMARTS) is 1. The number of carboxylic acids is 1. The van der Waals surface area contributed by atoms with Crippen molar-refractivity contribution in [2.75, 3.05) is 0 Å². The van der Waals surface area contributed by atoms with Gasteiger partial charge in [0, 0.05) is 29.5 Å². The molecule has 0 amide bonds. The number of allylic oxidation sites excluding steroid dienone is 1. The Morgan fingerprint density at radius 3 is 3.13 bits per heavy atom. The molecule has 2 heterocycles. The normalized spacial score (nSPS) is 17.0. The fourth-order valence-electron chi connectivity index (χ4n) is 3.12. The van der Waals surface area contributed by atoms with Crippen molar-refractivity contribution in [2.24, 2.45) is 0 Å². The number of aryl methyl sites for hydroxylation is 1. The second-order valence-electron chi connectivity index (χ2n) is 5.91. The monoisotopic (exact) mass is 315 g/mol. The van der Waals surface area contributed by atoms with Crippen LogP contribution >= 0.6 is 0 Å². The van der Waals surface area contributed by atoms with Crippen molar-refractivity contribution in [3.63, 3.8) is 0 Å². The molecule has 0 radical (unpaired) electrons. The molecule has 0 aromatic carbocycles. The van der Waals surface area contributed by atoms with E-state index in [-0.39, 0.29) is 11.7 Å². The molecular formula is C16H21N5O2. The maximum Gasteiger partial charge on any atom is 0.356 e. The molecule has 2 aromatic heterocycles. The summed E-state index contributed by atoms with van der Waals surface area (Å²) in [5.74, 6) is -0.965. The van der Waals surface area contributed by atoms with Gasteiger partial charge in [-0.15, -0.1) is 6.58 Å². The number of nitrogens with zero attached hydrogens (tertiary/aromatic N) is 3. The summed E-state index contributed by atoms with van der Waals surface area (Å²) in [7, 11) is 0. The Morgan fingerprint density at radius 2 is 2.48 bits per heavy atom. The first-order valence-electron chi connectivity index (χ1n) is 7.75. The van der Waals surface area contributed by atoms with Gasteiger partial charge in [-0.25, -0.2) is 4.79 Å². The molecule has 23 heavy (non-hydrogen) atoms. The maximum atomic E-state index is 11.4. The Bertz CT molecular complexity index is 731. The predicted molar refractivity (Wildman–Crippen MR) is 85.4 cm³/mol. The molecule has 3 rings (SSSR count). The number of aromatic nitrogens is 4. The molecule has 0 aliphatic heterocycles. The molecular weight excluding hydrogens is 294 g/mol. The number of aromatic carboxylic acids is 1. The lowest BCUT2D eigenvalue weighted by molar-refractivity contribution is 0.0688. The van der Waals surface area contributed by atoms with Gasteiger partial charge in [0.05, 0.1) is 12.2 Å². The van der Waals surface area contributed by atoms with Gasteiger partial charge in [0.1, 0.15) is 0 Å². The summed E-state index contributed by atoms with van der Waals surface area (Å²) in [4.78, 5) is 11.4. The maximum absolute atomic E-state index is 11.4. The predicted octanol–water partition coefficient (Wildman–Crippen LogP) is 1.45. The van der Waals surface area contributed by atoms with Gasteiger partial charge in [0.15, 0.2) is 5.69 Å². The first kappa shape index (κ1) is 15.5. The SMILES string of the molecule is C=CCn1nc(C(=O)O)c2c1CCC(NCc1cc(C)[nH]n1)C2. The zero-order valence-corrected chi connectivity index (χ0v) is 13.2. The molecule has 7 heteroatoms. The molecule has 3 N–H and O–H groups in total. The van der Waals surface area contributed by atoms with Crippen LogP contribution in [0.5, 0.6) is 0 Å². The minimum Gasteiger partial charge on any atom is -0.476 e. The first-order valence-corrected chi connectivity index (χ1v) is 7.75. The molecule has 0 fully saturated rings. The van der Waals surface area contributed by atoms with Crippen molar-refractivity contribution in [2.45, 2.75) is 45.3 Å². The fourth-order valence-corrected chi connectivity index (χ4v) is 3.12. The fraction of sp³-hybridized carbons (Fsp3) is 0.438. The molecule has 122 valence electrons. The highest BCUT2D eigenvalue weighted by atomic mass is 16.4. The van der Waals surface area contributed by atoms with Crippen LogP contribution in [0.4, 0.5) is 0 Å². The van der Waals surface area contributed by atoms with Gasteiger partial charge in [0.25, 0.3) is 0 Å². The van der Waals surface area contributed by atoms with Crippen molar-refractivity contribution in [3.05, 3.63) is 47.1 Å². The number of carbonyl (C=O) groups is 1. The van der Waals surface area contributed by atoms with E-state index >= 15 is 0 Å². The van der Waals surface area contributed by atoms with Crippen LogP contribution < -0.4 is 5.32 Å². The van der Waals surface area contributed by atoms with E-state index in [1.165, 1.54) is 0 Å². The van der Waals surface area contributed by atoms with Crippen LogP contribution in [0.25, 0.3) is 0 Å². The van der Waals surface area contributed by atoms with E-state index in [1.807, 2.05) is 13.0 Å². The molecule has 1 aliphatic rings. The van der Waals surface area contributed by atoms with E-state index in [2.05, 4.69) is 27.2 Å². The Morgan fingerprint density at radius 1 is 1.65 bits per heavy atom. The average molecular weight is 315 g/mol. The van der Waals surface area contributed by atoms with Gasteiger partial charge in [-0.2, -0.15) is 10.2 Å². The molecule has 0 saturated heterocycles. The largest absolute Gasteiger partial charge is 0.476 e. The number of fused-ring (bicyclic) bond motifs is 1. The van der Waals surface area contributed by atoms with Crippen LogP contribution in [-0.2, 0) is 25.9 Å². The Labute approximate surface area is 134 Å². The van der Waals surface area contributed by atoms with Crippen LogP contribution in [0.1, 0.15) is 39.6 Å². The van der Waals surface area contributed by atoms with Crippen LogP contribution in [0, 0.1) is 6.92 Å². The highest BCUT2D eigenvalue weighted by Crippen LogP contribution is 2.25. The second kappa shape index (κ2) is 6.37. The standard InChI is InChI=1S/C16H21N5O2/c1-3-6-21-14-5-4-11(8-13(14)15(20-21)16(22)23)17-9-12-7-10(2)18-19-12/h3,7,11,17H,1,4-6,8-9H2,2H3,(H,18,19)(H,22,23). The Balaban J connectivity index is 1.74. The van der Waals surface area contributed by atoms with Crippen molar-refractivity contribution >= 4 is 5.97 Å². The van der Waals surface area contributed by atoms with Gasteiger partial charge in [-0.3, -0.25) is 9.78 Å². The highest BCUT2D eigenvalue weighted by molar-refractivity contribution is 5.87. The van der Waals surface area contributed by atoms with Crippen LogP contribution in [-0.4, -0.2) is 37.1 Å². The van der Waals surface area contributed by atoms with E-state index in [0.29, 0.717) is 19.5 Å². The van der Waals surface area contributed by atoms with E-state index in [1.54, 1.807) is 10.8 Å². The molecule has 2 aromatic rings. The Hall–Kier alpha value is -2.41. The molecule has 1 unspecified atom stereocenters. The smallest absolute Gasteiger partial charge is 0.356 e. The first-order chi connectivity index (χ1) is 11.1. The number of hydrogen-bond donors (Lipinski definition) is 3. The zero-order valence-electron chi connectivity index (χ0n) is 13.2. The molecule has 0 saturated carbocycles. The number of hydrogen-bond acceptors (Lipinski definition) is 4. The van der Waals surface area contributed by atoms with Gasteiger partial charge in [-0.05, 0) is 32.3 Å². The third-order valence-corrected chi connectivity index (χ3v) is 4.18. The second-order valence-corrected chi connectivity index (χ2v) is 5.91. The number of aromatic amines is 1. The number of rotatable bonds is 6. The summed E-state index contributed by atoms with van der Waals surface area (Å²) in [6, 6.07) is 2.24. The highest BCUT2D eigenvalue weighted by Gasteiger charge is 2.28. The summed E-state index contributed by atoms with van der Waals surface area (Å²) in [6.45, 7) is 6.89. The van der Waals surface area contributed by atoms with E-state index in [4.69, 9.17) is 0 Å². The van der Waals surface area contributed by atoms with Crippen molar-refractivity contribution < 1.29 is 9.90 Å². The number of H-pyrrole nitrogens is 1. The minimum atomic E-state index is -0.965. The third kappa shape index (κ3) is 3.19. The summed E-state index contributed by atoms with van der Waals surface area (Å²) in [5.41, 5.74) is 4.04. The van der Waals surface area contributed by atoms with Crippen molar-refractivity contribution in [3.8, 4) is 0 Å². The lowest BCUT2D eigenvalue weighted by Gasteiger charge is -2.24. The summed E-state index contributed by atoms with van der Waals surface area (Å²) in [5, 5.41) is 24.2. The van der Waals surface area contributed by atoms with E-state index in [0.717, 1.165) is 35.5 Å². The number of nitrogens with one attached hydrogen (secondary N) is 2. The van der Waals surface area contributed by atoms with E-state index < -0.39 is 5.97 Å². The lowest BCUT2D eigenvalue weighted by Crippen LogP contribution is -2.35. The summed E-state index contributed by atoms with van der Waals surface area (Å²) < 4.78 is 1.76. The Kier molecular flexibility index (Phi) is 4.29. The van der Waals surface area contributed by atoms with Gasteiger partial charge >= 0.3 is 5.97 Å². The quantitative estimate of drug-likeness (QED) is 0.701. The molecule has 0 spiro atoms. The average Bonchev–Trinajstić information content (AvgIpc) is 3.09. The molecule has 0 bridgehead atoms. The molecule has 1 aliphatic carbocycles. The topological polar surface area (TPSA) is 95.8 Å². The third-order valence-electron chi connectivity index (χ3n) is 4.18. The van der Waals surface area contributed by atoms with E-state index in [9.17, 15) is 9.90 Å². The lowest BCUT2D eigenvalue weighted by atomic mass is 9.91. The van der Waals surface area contributed by atoms with Gasteiger partial charge in [0.2, 0.25) is 0 Å². The summed E-state index contributed by atoms with van der Waals surface area (Å²) >= 11 is 0. The van der Waals surface area contributed by atoms with Gasteiger partial charge < -0.3 is 10.4 Å². The zero-order chi connectivity index (χ0) is 16.4. The molecule has 1 atom stereocenters. The van der Waals surface area contributed by atoms with Crippen LogP contribution in [0.2, 0.25) is 0 Å². The minimum absolute atomic E-state index is 0.170. The van der Waals surface area contributed by atoms with Crippen LogP contribution in [0.3, 0.4) is 0 Å². The molecule has 7 nitrogen and oxygen atoms in total. The summed E-state index contributed by atoms with van der Waals surface area (Å²) in [6.07, 6.45) is 4.19. The van der Waals surface area contributed by atoms with Crippen LogP contribution in [0.15, 0.2) is 18.7 Å².